The van der Waals surface area contributed by atoms with Crippen molar-refractivity contribution in [3.05, 3.63) is 90.3 Å². The normalized spacial score (nSPS) is 13.4. The van der Waals surface area contributed by atoms with Crippen LogP contribution < -0.4 is 9.64 Å². The highest BCUT2D eigenvalue weighted by molar-refractivity contribution is 6.00. The Bertz CT molecular complexity index is 1370. The van der Waals surface area contributed by atoms with E-state index in [-0.39, 0.29) is 5.91 Å². The van der Waals surface area contributed by atoms with Gasteiger partial charge in [-0.05, 0) is 48.5 Å². The van der Waals surface area contributed by atoms with Crippen molar-refractivity contribution in [1.29, 1.82) is 5.26 Å². The van der Waals surface area contributed by atoms with Gasteiger partial charge >= 0.3 is 0 Å². The maximum atomic E-state index is 13.7. The predicted octanol–water partition coefficient (Wildman–Crippen LogP) is 3.78. The lowest BCUT2D eigenvalue weighted by Crippen LogP contribution is -2.49. The summed E-state index contributed by atoms with van der Waals surface area (Å²) in [6.07, 6.45) is 3.45. The number of benzene rings is 2. The molecular formula is C27H24N6O2. The number of methoxy groups -OCH3 is 1. The Labute approximate surface area is 203 Å². The third-order valence-corrected chi connectivity index (χ3v) is 6.09. The van der Waals surface area contributed by atoms with E-state index in [4.69, 9.17) is 9.84 Å². The zero-order chi connectivity index (χ0) is 24.2. The van der Waals surface area contributed by atoms with E-state index < -0.39 is 0 Å². The van der Waals surface area contributed by atoms with Crippen molar-refractivity contribution in [3.63, 3.8) is 0 Å². The van der Waals surface area contributed by atoms with E-state index in [1.807, 2.05) is 65.7 Å². The van der Waals surface area contributed by atoms with Gasteiger partial charge in [0.2, 0.25) is 0 Å². The minimum Gasteiger partial charge on any atom is -0.497 e. The Kier molecular flexibility index (Phi) is 6.14. The van der Waals surface area contributed by atoms with E-state index >= 15 is 0 Å². The maximum absolute atomic E-state index is 13.7. The molecule has 8 nitrogen and oxygen atoms in total. The van der Waals surface area contributed by atoms with Crippen LogP contribution in [0.25, 0.3) is 16.9 Å². The van der Waals surface area contributed by atoms with Crippen LogP contribution in [0.5, 0.6) is 5.75 Å². The molecule has 174 valence electrons. The highest BCUT2D eigenvalue weighted by Crippen LogP contribution is 2.27. The van der Waals surface area contributed by atoms with Crippen LogP contribution in [0.15, 0.2) is 79.1 Å². The molecule has 0 bridgehead atoms. The second-order valence-corrected chi connectivity index (χ2v) is 8.19. The van der Waals surface area contributed by atoms with E-state index in [1.54, 1.807) is 30.1 Å². The summed E-state index contributed by atoms with van der Waals surface area (Å²) in [5.41, 5.74) is 3.49. The number of hydrogen-bond acceptors (Lipinski definition) is 6. The van der Waals surface area contributed by atoms with Crippen LogP contribution in [0.4, 0.5) is 5.82 Å². The lowest BCUT2D eigenvalue weighted by atomic mass is 10.1. The average molecular weight is 465 g/mol. The monoisotopic (exact) mass is 464 g/mol. The molecule has 2 aromatic heterocycles. The van der Waals surface area contributed by atoms with Crippen LogP contribution in [-0.2, 0) is 0 Å². The number of nitriles is 1. The van der Waals surface area contributed by atoms with Crippen LogP contribution >= 0.6 is 0 Å². The molecule has 0 radical (unpaired) electrons. The Morgan fingerprint density at radius 2 is 1.74 bits per heavy atom. The summed E-state index contributed by atoms with van der Waals surface area (Å²) < 4.78 is 7.04. The first-order valence-electron chi connectivity index (χ1n) is 11.4. The molecule has 1 aliphatic heterocycles. The molecule has 0 atom stereocenters. The summed E-state index contributed by atoms with van der Waals surface area (Å²) in [4.78, 5) is 22.0. The van der Waals surface area contributed by atoms with E-state index in [0.717, 1.165) is 22.8 Å². The molecule has 1 amide bonds. The van der Waals surface area contributed by atoms with Crippen molar-refractivity contribution in [3.8, 4) is 28.8 Å². The number of carbonyl (C=O) groups excluding carboxylic acids is 1. The highest BCUT2D eigenvalue weighted by atomic mass is 16.5. The van der Waals surface area contributed by atoms with Gasteiger partial charge in [-0.2, -0.15) is 10.4 Å². The summed E-state index contributed by atoms with van der Waals surface area (Å²) in [5.74, 6) is 1.44. The number of anilines is 1. The Morgan fingerprint density at radius 3 is 2.43 bits per heavy atom. The Balaban J connectivity index is 1.41. The van der Waals surface area contributed by atoms with Gasteiger partial charge in [0.25, 0.3) is 5.91 Å². The fourth-order valence-corrected chi connectivity index (χ4v) is 4.18. The zero-order valence-electron chi connectivity index (χ0n) is 19.3. The predicted molar refractivity (Wildman–Crippen MR) is 133 cm³/mol. The first-order valence-corrected chi connectivity index (χ1v) is 11.4. The van der Waals surface area contributed by atoms with Gasteiger partial charge in [-0.1, -0.05) is 18.2 Å². The summed E-state index contributed by atoms with van der Waals surface area (Å²) in [5, 5.41) is 14.0. The largest absolute Gasteiger partial charge is 0.497 e. The molecule has 0 N–H and O–H groups in total. The van der Waals surface area contributed by atoms with Crippen LogP contribution in [0.3, 0.4) is 0 Å². The number of aromatic nitrogens is 3. The molecule has 1 saturated heterocycles. The second kappa shape index (κ2) is 9.69. The smallest absolute Gasteiger partial charge is 0.257 e. The van der Waals surface area contributed by atoms with E-state index in [2.05, 4.69) is 16.0 Å². The second-order valence-electron chi connectivity index (χ2n) is 8.19. The first-order chi connectivity index (χ1) is 17.2. The molecule has 0 aliphatic carbocycles. The van der Waals surface area contributed by atoms with E-state index in [1.165, 1.54) is 0 Å². The quantitative estimate of drug-likeness (QED) is 0.447. The fourth-order valence-electron chi connectivity index (χ4n) is 4.18. The lowest BCUT2D eigenvalue weighted by Gasteiger charge is -2.35. The molecule has 35 heavy (non-hydrogen) atoms. The van der Waals surface area contributed by atoms with Crippen molar-refractivity contribution in [1.82, 2.24) is 19.7 Å². The topological polar surface area (TPSA) is 87.3 Å². The van der Waals surface area contributed by atoms with E-state index in [9.17, 15) is 10.1 Å². The molecule has 1 aliphatic rings. The minimum atomic E-state index is -0.0589. The summed E-state index contributed by atoms with van der Waals surface area (Å²) in [6, 6.07) is 22.9. The molecule has 4 aromatic rings. The van der Waals surface area contributed by atoms with Crippen molar-refractivity contribution in [2.45, 2.75) is 0 Å². The number of amides is 1. The van der Waals surface area contributed by atoms with Crippen molar-refractivity contribution < 1.29 is 9.53 Å². The van der Waals surface area contributed by atoms with Gasteiger partial charge in [0.05, 0.1) is 30.0 Å². The zero-order valence-corrected chi connectivity index (χ0v) is 19.3. The molecule has 3 heterocycles. The standard InChI is InChI=1S/C27H24N6O2/c1-35-23-9-7-21(8-10-23)26-24(19-33(30-26)22-5-3-2-4-6-22)27(34)32-15-13-31(14-16-32)25-17-20(18-28)11-12-29-25/h2-12,17,19H,13-16H2,1H3. The van der Waals surface area contributed by atoms with Crippen LogP contribution in [-0.4, -0.2) is 58.9 Å². The van der Waals surface area contributed by atoms with Gasteiger partial charge in [0, 0.05) is 44.1 Å². The molecule has 8 heteroatoms. The van der Waals surface area contributed by atoms with Crippen LogP contribution in [0, 0.1) is 11.3 Å². The minimum absolute atomic E-state index is 0.0589. The van der Waals surface area contributed by atoms with Gasteiger partial charge in [-0.25, -0.2) is 9.67 Å². The highest BCUT2D eigenvalue weighted by Gasteiger charge is 2.27. The molecule has 5 rings (SSSR count). The number of rotatable bonds is 5. The van der Waals surface area contributed by atoms with Gasteiger partial charge in [-0.3, -0.25) is 4.79 Å². The SMILES string of the molecule is COc1ccc(-c2nn(-c3ccccc3)cc2C(=O)N2CCN(c3cc(C#N)ccn3)CC2)cc1. The third kappa shape index (κ3) is 4.57. The number of nitrogens with zero attached hydrogens (tertiary/aromatic N) is 6. The number of hydrogen-bond donors (Lipinski definition) is 0. The number of piperazine rings is 1. The van der Waals surface area contributed by atoms with E-state index in [0.29, 0.717) is 43.0 Å². The Hall–Kier alpha value is -4.64. The number of ether oxygens (including phenoxy) is 1. The molecule has 0 saturated carbocycles. The summed E-state index contributed by atoms with van der Waals surface area (Å²) >= 11 is 0. The number of carbonyl (C=O) groups is 1. The molecular weight excluding hydrogens is 440 g/mol. The maximum Gasteiger partial charge on any atom is 0.257 e. The molecule has 2 aromatic carbocycles. The van der Waals surface area contributed by atoms with Crippen LogP contribution in [0.2, 0.25) is 0 Å². The average Bonchev–Trinajstić information content (AvgIpc) is 3.39. The summed E-state index contributed by atoms with van der Waals surface area (Å²) in [7, 11) is 1.62. The van der Waals surface area contributed by atoms with Crippen molar-refractivity contribution in [2.24, 2.45) is 0 Å². The van der Waals surface area contributed by atoms with Gasteiger partial charge < -0.3 is 14.5 Å². The first kappa shape index (κ1) is 22.2. The molecule has 0 spiro atoms. The fraction of sp³-hybridized carbons (Fsp3) is 0.185. The lowest BCUT2D eigenvalue weighted by molar-refractivity contribution is 0.0747. The third-order valence-electron chi connectivity index (χ3n) is 6.09. The number of para-hydroxylation sites is 1. The van der Waals surface area contributed by atoms with Crippen molar-refractivity contribution >= 4 is 11.7 Å². The molecule has 0 unspecified atom stereocenters. The molecule has 1 fully saturated rings. The van der Waals surface area contributed by atoms with Crippen LogP contribution in [0.1, 0.15) is 15.9 Å². The van der Waals surface area contributed by atoms with Crippen molar-refractivity contribution in [2.75, 3.05) is 38.2 Å². The Morgan fingerprint density at radius 1 is 1.00 bits per heavy atom. The van der Waals surface area contributed by atoms with Gasteiger partial charge in [0.1, 0.15) is 17.3 Å². The summed E-state index contributed by atoms with van der Waals surface area (Å²) in [6.45, 7) is 2.38. The van der Waals surface area contributed by atoms with Gasteiger partial charge in [0.15, 0.2) is 0 Å². The van der Waals surface area contributed by atoms with Gasteiger partial charge in [-0.15, -0.1) is 0 Å². The number of pyridine rings is 1.